The summed E-state index contributed by atoms with van der Waals surface area (Å²) in [6.45, 7) is 6.50. The zero-order valence-electron chi connectivity index (χ0n) is 18.9. The molecule has 4 fully saturated rings. The van der Waals surface area contributed by atoms with E-state index < -0.39 is 5.41 Å². The van der Waals surface area contributed by atoms with Crippen molar-refractivity contribution in [3.63, 3.8) is 0 Å². The molecule has 30 heavy (non-hydrogen) atoms. The first-order valence-electron chi connectivity index (χ1n) is 11.8. The molecule has 0 heterocycles. The van der Waals surface area contributed by atoms with Crippen molar-refractivity contribution in [1.82, 2.24) is 0 Å². The maximum absolute atomic E-state index is 13.7. The SMILES string of the molecule is COC(=O)CC[C@@H](C)[C@H]1CC[C@H]2[C@@H]3C(=O)CC4CC(=O)CC[C@]4(C)[C@H]3CC(=O)[C@]12C. The van der Waals surface area contributed by atoms with Crippen molar-refractivity contribution in [1.29, 1.82) is 0 Å². The van der Waals surface area contributed by atoms with Crippen molar-refractivity contribution in [2.24, 2.45) is 46.3 Å². The molecule has 8 atom stereocenters. The van der Waals surface area contributed by atoms with Gasteiger partial charge in [0, 0.05) is 43.4 Å². The molecule has 0 saturated heterocycles. The minimum atomic E-state index is -0.472. The molecule has 4 rings (SSSR count). The number of fused-ring (bicyclic) bond motifs is 5. The van der Waals surface area contributed by atoms with Crippen LogP contribution >= 0.6 is 0 Å². The molecule has 166 valence electrons. The molecule has 0 N–H and O–H groups in total. The standard InChI is InChI=1S/C25H36O5/c1-14(5-8-22(29)30-4)17-6-7-18-23-19(13-21(28)25(17,18)3)24(2)10-9-16(26)11-15(24)12-20(23)27/h14-15,17-19,23H,5-13H2,1-4H3/t14-,15?,17-,18+,19+,23+,24+,25-/m1/s1. The van der Waals surface area contributed by atoms with Crippen molar-refractivity contribution < 1.29 is 23.9 Å². The molecule has 0 aromatic rings. The zero-order chi connectivity index (χ0) is 21.8. The molecule has 4 aliphatic carbocycles. The van der Waals surface area contributed by atoms with Gasteiger partial charge < -0.3 is 4.74 Å². The number of Topliss-reactive ketones (excluding diaryl/α,β-unsaturated/α-hetero) is 3. The van der Waals surface area contributed by atoms with Crippen LogP contribution in [0.1, 0.15) is 78.6 Å². The van der Waals surface area contributed by atoms with Gasteiger partial charge in [0.1, 0.15) is 17.3 Å². The first-order valence-corrected chi connectivity index (χ1v) is 11.8. The Morgan fingerprint density at radius 2 is 1.83 bits per heavy atom. The van der Waals surface area contributed by atoms with Crippen molar-refractivity contribution >= 4 is 23.3 Å². The minimum Gasteiger partial charge on any atom is -0.469 e. The molecule has 0 radical (unpaired) electrons. The van der Waals surface area contributed by atoms with Gasteiger partial charge in [0.05, 0.1) is 7.11 Å². The fraction of sp³-hybridized carbons (Fsp3) is 0.840. The number of hydrogen-bond acceptors (Lipinski definition) is 5. The third-order valence-electron chi connectivity index (χ3n) is 9.94. The van der Waals surface area contributed by atoms with E-state index >= 15 is 0 Å². The molecule has 1 unspecified atom stereocenters. The van der Waals surface area contributed by atoms with Crippen molar-refractivity contribution in [3.8, 4) is 0 Å². The minimum absolute atomic E-state index is 0.0417. The van der Waals surface area contributed by atoms with E-state index in [0.717, 1.165) is 25.7 Å². The van der Waals surface area contributed by atoms with E-state index in [-0.39, 0.29) is 52.7 Å². The maximum atomic E-state index is 13.7. The summed E-state index contributed by atoms with van der Waals surface area (Å²) in [6.07, 6.45) is 5.87. The molecule has 0 spiro atoms. The Balaban J connectivity index is 1.60. The Kier molecular flexibility index (Phi) is 5.47. The third kappa shape index (κ3) is 3.10. The molecule has 0 aliphatic heterocycles. The lowest BCUT2D eigenvalue weighted by Gasteiger charge is -2.58. The van der Waals surface area contributed by atoms with Gasteiger partial charge >= 0.3 is 5.97 Å². The second-order valence-electron chi connectivity index (χ2n) is 11.0. The number of esters is 1. The zero-order valence-corrected chi connectivity index (χ0v) is 18.9. The second-order valence-corrected chi connectivity index (χ2v) is 11.0. The van der Waals surface area contributed by atoms with Gasteiger partial charge in [0.2, 0.25) is 0 Å². The normalized spacial score (nSPS) is 44.1. The van der Waals surface area contributed by atoms with Crippen molar-refractivity contribution in [3.05, 3.63) is 0 Å². The second kappa shape index (κ2) is 7.56. The van der Waals surface area contributed by atoms with E-state index in [4.69, 9.17) is 4.74 Å². The first-order chi connectivity index (χ1) is 14.1. The summed E-state index contributed by atoms with van der Waals surface area (Å²) in [5, 5.41) is 0. The van der Waals surface area contributed by atoms with Gasteiger partial charge in [0.15, 0.2) is 0 Å². The van der Waals surface area contributed by atoms with Crippen LogP contribution < -0.4 is 0 Å². The number of rotatable bonds is 4. The quantitative estimate of drug-likeness (QED) is 0.643. The highest BCUT2D eigenvalue weighted by molar-refractivity contribution is 5.93. The summed E-state index contributed by atoms with van der Waals surface area (Å²) >= 11 is 0. The maximum Gasteiger partial charge on any atom is 0.305 e. The third-order valence-corrected chi connectivity index (χ3v) is 9.94. The van der Waals surface area contributed by atoms with Crippen LogP contribution in [0.4, 0.5) is 0 Å². The predicted octanol–water partition coefficient (Wildman–Crippen LogP) is 4.16. The van der Waals surface area contributed by atoms with Crippen LogP contribution in [0.3, 0.4) is 0 Å². The summed E-state index contributed by atoms with van der Waals surface area (Å²) < 4.78 is 4.80. The van der Waals surface area contributed by atoms with Crippen molar-refractivity contribution in [2.45, 2.75) is 78.6 Å². The van der Waals surface area contributed by atoms with Crippen LogP contribution in [0.5, 0.6) is 0 Å². The van der Waals surface area contributed by atoms with Gasteiger partial charge in [-0.2, -0.15) is 0 Å². The Morgan fingerprint density at radius 3 is 2.53 bits per heavy atom. The summed E-state index contributed by atoms with van der Waals surface area (Å²) in [6, 6.07) is 0. The number of ketones is 3. The highest BCUT2D eigenvalue weighted by Crippen LogP contribution is 2.66. The summed E-state index contributed by atoms with van der Waals surface area (Å²) in [5.74, 6) is 1.41. The van der Waals surface area contributed by atoms with Crippen LogP contribution in [0.2, 0.25) is 0 Å². The Bertz CT molecular complexity index is 772. The monoisotopic (exact) mass is 416 g/mol. The number of hydrogen-bond donors (Lipinski definition) is 0. The van der Waals surface area contributed by atoms with Crippen molar-refractivity contribution in [2.75, 3.05) is 7.11 Å². The summed E-state index contributed by atoms with van der Waals surface area (Å²) in [4.78, 5) is 50.7. The highest BCUT2D eigenvalue weighted by Gasteiger charge is 2.66. The van der Waals surface area contributed by atoms with Gasteiger partial charge in [-0.1, -0.05) is 20.8 Å². The number of methoxy groups -OCH3 is 1. The van der Waals surface area contributed by atoms with Gasteiger partial charge in [-0.15, -0.1) is 0 Å². The predicted molar refractivity (Wildman–Crippen MR) is 111 cm³/mol. The van der Waals surface area contributed by atoms with Gasteiger partial charge in [-0.25, -0.2) is 0 Å². The van der Waals surface area contributed by atoms with E-state index in [0.29, 0.717) is 43.7 Å². The largest absolute Gasteiger partial charge is 0.469 e. The van der Waals surface area contributed by atoms with Crippen LogP contribution in [0.15, 0.2) is 0 Å². The fourth-order valence-electron chi connectivity index (χ4n) is 8.04. The molecular weight excluding hydrogens is 380 g/mol. The lowest BCUT2D eigenvalue weighted by molar-refractivity contribution is -0.166. The fourth-order valence-corrected chi connectivity index (χ4v) is 8.04. The van der Waals surface area contributed by atoms with E-state index in [1.165, 1.54) is 7.11 Å². The summed E-state index contributed by atoms with van der Waals surface area (Å²) in [7, 11) is 1.41. The molecule has 0 aromatic carbocycles. The van der Waals surface area contributed by atoms with E-state index in [2.05, 4.69) is 20.8 Å². The average molecular weight is 417 g/mol. The van der Waals surface area contributed by atoms with Crippen LogP contribution in [-0.2, 0) is 23.9 Å². The lowest BCUT2D eigenvalue weighted by atomic mass is 9.44. The molecule has 0 amide bonds. The van der Waals surface area contributed by atoms with E-state index in [9.17, 15) is 19.2 Å². The first kappa shape index (κ1) is 21.7. The van der Waals surface area contributed by atoms with E-state index in [1.807, 2.05) is 0 Å². The molecule has 0 bridgehead atoms. The Hall–Kier alpha value is -1.52. The molecule has 4 saturated carbocycles. The van der Waals surface area contributed by atoms with Crippen LogP contribution in [-0.4, -0.2) is 30.4 Å². The van der Waals surface area contributed by atoms with Crippen LogP contribution in [0, 0.1) is 46.3 Å². The van der Waals surface area contributed by atoms with Gasteiger partial charge in [-0.3, -0.25) is 19.2 Å². The van der Waals surface area contributed by atoms with Crippen LogP contribution in [0.25, 0.3) is 0 Å². The Morgan fingerprint density at radius 1 is 1.10 bits per heavy atom. The van der Waals surface area contributed by atoms with Gasteiger partial charge in [-0.05, 0) is 60.7 Å². The molecular formula is C25H36O5. The highest BCUT2D eigenvalue weighted by atomic mass is 16.5. The number of carbonyl (C=O) groups excluding carboxylic acids is 4. The molecule has 4 aliphatic rings. The molecule has 5 heteroatoms. The topological polar surface area (TPSA) is 77.5 Å². The molecule has 0 aromatic heterocycles. The summed E-state index contributed by atoms with van der Waals surface area (Å²) in [5.41, 5.74) is -0.544. The smallest absolute Gasteiger partial charge is 0.305 e. The van der Waals surface area contributed by atoms with E-state index in [1.54, 1.807) is 0 Å². The lowest BCUT2D eigenvalue weighted by Crippen LogP contribution is -2.60. The molecule has 5 nitrogen and oxygen atoms in total. The van der Waals surface area contributed by atoms with Gasteiger partial charge in [0.25, 0.3) is 0 Å². The average Bonchev–Trinajstić information content (AvgIpc) is 3.06. The number of carbonyl (C=O) groups is 4. The Labute approximate surface area is 179 Å². The number of ether oxygens (including phenoxy) is 1.